The van der Waals surface area contributed by atoms with Crippen LogP contribution in [-0.2, 0) is 9.53 Å². The van der Waals surface area contributed by atoms with Crippen molar-refractivity contribution < 1.29 is 13.9 Å². The van der Waals surface area contributed by atoms with Crippen LogP contribution in [0.1, 0.15) is 17.8 Å². The van der Waals surface area contributed by atoms with Crippen molar-refractivity contribution >= 4 is 57.5 Å². The molecular formula is C26H25FN6O2S2. The first-order valence-electron chi connectivity index (χ1n) is 11.6. The minimum absolute atomic E-state index is 0.291. The first-order valence-corrected chi connectivity index (χ1v) is 13.6. The van der Waals surface area contributed by atoms with E-state index < -0.39 is 5.97 Å². The van der Waals surface area contributed by atoms with Crippen LogP contribution in [0.5, 0.6) is 0 Å². The highest BCUT2D eigenvalue weighted by Gasteiger charge is 2.21. The Kier molecular flexibility index (Phi) is 7.36. The largest absolute Gasteiger partial charge is 0.466 e. The molecule has 3 aromatic heterocycles. The zero-order valence-corrected chi connectivity index (χ0v) is 22.2. The number of carbonyl (C=O) groups excluding carboxylic acids is 1. The highest BCUT2D eigenvalue weighted by atomic mass is 32.2. The fourth-order valence-corrected chi connectivity index (χ4v) is 5.36. The Morgan fingerprint density at radius 3 is 2.70 bits per heavy atom. The van der Waals surface area contributed by atoms with E-state index in [-0.39, 0.29) is 5.82 Å². The van der Waals surface area contributed by atoms with Gasteiger partial charge in [0.15, 0.2) is 16.6 Å². The summed E-state index contributed by atoms with van der Waals surface area (Å²) >= 11 is 3.19. The molecule has 8 nitrogen and oxygen atoms in total. The van der Waals surface area contributed by atoms with Gasteiger partial charge < -0.3 is 9.64 Å². The van der Waals surface area contributed by atoms with Crippen LogP contribution in [-0.4, -0.2) is 63.4 Å². The topological polar surface area (TPSA) is 75.9 Å². The summed E-state index contributed by atoms with van der Waals surface area (Å²) in [4.78, 5) is 23.2. The molecule has 0 unspecified atom stereocenters. The summed E-state index contributed by atoms with van der Waals surface area (Å²) in [6.45, 7) is 1.83. The fraction of sp³-hybridized carbons (Fsp3) is 0.231. The van der Waals surface area contributed by atoms with Crippen LogP contribution in [0.15, 0.2) is 53.9 Å². The molecule has 0 aliphatic carbocycles. The van der Waals surface area contributed by atoms with Gasteiger partial charge in [0.25, 0.3) is 0 Å². The molecule has 0 saturated heterocycles. The average molecular weight is 537 g/mol. The number of imidazole rings is 1. The van der Waals surface area contributed by atoms with Crippen molar-refractivity contribution in [2.24, 2.45) is 0 Å². The third kappa shape index (κ3) is 5.29. The van der Waals surface area contributed by atoms with Crippen LogP contribution in [0.25, 0.3) is 28.6 Å². The zero-order chi connectivity index (χ0) is 25.9. The lowest BCUT2D eigenvalue weighted by Crippen LogP contribution is -2.21. The van der Waals surface area contributed by atoms with Gasteiger partial charge in [-0.3, -0.25) is 0 Å². The molecule has 0 atom stereocenters. The van der Waals surface area contributed by atoms with Crippen LogP contribution < -0.4 is 4.90 Å². The third-order valence-corrected chi connectivity index (χ3v) is 7.82. The van der Waals surface area contributed by atoms with E-state index in [1.165, 1.54) is 42.2 Å². The second kappa shape index (κ2) is 10.8. The maximum absolute atomic E-state index is 13.4. The maximum atomic E-state index is 13.4. The van der Waals surface area contributed by atoms with Crippen LogP contribution in [0.4, 0.5) is 15.3 Å². The van der Waals surface area contributed by atoms with E-state index in [2.05, 4.69) is 16.6 Å². The van der Waals surface area contributed by atoms with Gasteiger partial charge in [-0.15, -0.1) is 11.3 Å². The van der Waals surface area contributed by atoms with Gasteiger partial charge in [0, 0.05) is 37.2 Å². The van der Waals surface area contributed by atoms with E-state index in [0.29, 0.717) is 22.3 Å². The molecule has 4 heterocycles. The van der Waals surface area contributed by atoms with Crippen molar-refractivity contribution in [3.8, 4) is 11.3 Å². The molecule has 37 heavy (non-hydrogen) atoms. The van der Waals surface area contributed by atoms with Crippen LogP contribution in [0.2, 0.25) is 0 Å². The van der Waals surface area contributed by atoms with Crippen molar-refractivity contribution in [3.05, 3.63) is 71.1 Å². The smallest absolute Gasteiger partial charge is 0.330 e. The molecule has 1 aromatic carbocycles. The fourth-order valence-electron chi connectivity index (χ4n) is 4.06. The summed E-state index contributed by atoms with van der Waals surface area (Å²) in [7, 11) is 3.22. The number of ether oxygens (including phenoxy) is 1. The van der Waals surface area contributed by atoms with E-state index in [9.17, 15) is 9.18 Å². The van der Waals surface area contributed by atoms with Gasteiger partial charge in [-0.1, -0.05) is 18.0 Å². The van der Waals surface area contributed by atoms with E-state index in [1.807, 2.05) is 29.5 Å². The summed E-state index contributed by atoms with van der Waals surface area (Å²) in [5.41, 5.74) is 4.84. The Bertz CT molecular complexity index is 1490. The van der Waals surface area contributed by atoms with E-state index in [1.54, 1.807) is 34.7 Å². The number of thiazole rings is 1. The number of halogens is 1. The minimum Gasteiger partial charge on any atom is -0.466 e. The Morgan fingerprint density at radius 1 is 1.19 bits per heavy atom. The third-order valence-electron chi connectivity index (χ3n) is 6.05. The molecule has 1 aliphatic rings. The van der Waals surface area contributed by atoms with Gasteiger partial charge in [0.2, 0.25) is 0 Å². The predicted octanol–water partition coefficient (Wildman–Crippen LogP) is 5.31. The molecular weight excluding hydrogens is 511 g/mol. The number of esters is 1. The first-order chi connectivity index (χ1) is 18.0. The number of methoxy groups -OCH3 is 1. The Balaban J connectivity index is 1.56. The van der Waals surface area contributed by atoms with Gasteiger partial charge in [-0.2, -0.15) is 9.61 Å². The molecule has 11 heteroatoms. The molecule has 1 aliphatic heterocycles. The van der Waals surface area contributed by atoms with Gasteiger partial charge in [-0.25, -0.2) is 23.5 Å². The molecule has 190 valence electrons. The molecule has 0 N–H and O–H groups in total. The number of fused-ring (bicyclic) bond motifs is 1. The number of carbonyl (C=O) groups is 1. The van der Waals surface area contributed by atoms with Gasteiger partial charge in [0.1, 0.15) is 11.5 Å². The van der Waals surface area contributed by atoms with Crippen LogP contribution in [0.3, 0.4) is 0 Å². The molecule has 0 saturated carbocycles. The molecule has 4 aromatic rings. The van der Waals surface area contributed by atoms with E-state index >= 15 is 0 Å². The molecule has 0 radical (unpaired) electrons. The lowest BCUT2D eigenvalue weighted by molar-refractivity contribution is -0.134. The minimum atomic E-state index is -0.474. The molecule has 0 amide bonds. The molecule has 0 fully saturated rings. The van der Waals surface area contributed by atoms with E-state index in [0.717, 1.165) is 36.5 Å². The molecule has 0 spiro atoms. The Morgan fingerprint density at radius 2 is 2.00 bits per heavy atom. The average Bonchev–Trinajstić information content (AvgIpc) is 3.57. The quantitative estimate of drug-likeness (QED) is 0.179. The Labute approximate surface area is 222 Å². The second-order valence-corrected chi connectivity index (χ2v) is 10.0. The number of aromatic nitrogens is 4. The summed E-state index contributed by atoms with van der Waals surface area (Å²) in [6.07, 6.45) is 8.16. The maximum Gasteiger partial charge on any atom is 0.330 e. The summed E-state index contributed by atoms with van der Waals surface area (Å²) < 4.78 is 22.2. The predicted molar refractivity (Wildman–Crippen MR) is 147 cm³/mol. The van der Waals surface area contributed by atoms with Gasteiger partial charge in [-0.05, 0) is 60.7 Å². The first kappa shape index (κ1) is 25.1. The number of anilines is 2. The SMILES string of the molecule is COC(=O)/C=C/c1nc2ccc(C3=CCN(SC)CC3)nn2c1N(C)c1nc(-c2ccc(F)cc2)cs1. The van der Waals surface area contributed by atoms with Gasteiger partial charge >= 0.3 is 5.97 Å². The summed E-state index contributed by atoms with van der Waals surface area (Å²) in [5.74, 6) is -0.0998. The number of nitrogens with zero attached hydrogens (tertiary/aromatic N) is 6. The van der Waals surface area contributed by atoms with Crippen molar-refractivity contribution in [3.63, 3.8) is 0 Å². The van der Waals surface area contributed by atoms with E-state index in [4.69, 9.17) is 19.8 Å². The van der Waals surface area contributed by atoms with Crippen molar-refractivity contribution in [1.82, 2.24) is 23.9 Å². The summed E-state index contributed by atoms with van der Waals surface area (Å²) in [6, 6.07) is 10.2. The number of hydrogen-bond acceptors (Lipinski definition) is 9. The summed E-state index contributed by atoms with van der Waals surface area (Å²) in [5, 5.41) is 7.57. The monoisotopic (exact) mass is 536 g/mol. The normalized spacial score (nSPS) is 14.3. The highest BCUT2D eigenvalue weighted by molar-refractivity contribution is 7.96. The number of rotatable bonds is 7. The number of hydrogen-bond donors (Lipinski definition) is 0. The number of benzene rings is 1. The van der Waals surface area contributed by atoms with Crippen molar-refractivity contribution in [2.45, 2.75) is 6.42 Å². The van der Waals surface area contributed by atoms with Crippen molar-refractivity contribution in [2.75, 3.05) is 38.4 Å². The lowest BCUT2D eigenvalue weighted by Gasteiger charge is -2.23. The highest BCUT2D eigenvalue weighted by Crippen LogP contribution is 2.34. The second-order valence-electron chi connectivity index (χ2n) is 8.30. The lowest BCUT2D eigenvalue weighted by atomic mass is 10.1. The molecule has 5 rings (SSSR count). The molecule has 0 bridgehead atoms. The van der Waals surface area contributed by atoms with Gasteiger partial charge in [0.05, 0.1) is 18.5 Å². The van der Waals surface area contributed by atoms with Crippen molar-refractivity contribution in [1.29, 1.82) is 0 Å². The standard InChI is InChI=1S/C26H25FN6O2S2/c1-31(26-29-22(16-37-26)17-4-6-19(27)7-5-17)25-21(9-11-24(34)35-2)28-23-10-8-20(30-33(23)25)18-12-14-32(36-3)15-13-18/h4-12,16H,13-15H2,1-3H3/b11-9+. The van der Waals surface area contributed by atoms with Crippen LogP contribution >= 0.6 is 23.3 Å². The zero-order valence-electron chi connectivity index (χ0n) is 20.6. The Hall–Kier alpha value is -3.54. The van der Waals surface area contributed by atoms with Crippen LogP contribution in [0, 0.1) is 5.82 Å².